The Morgan fingerprint density at radius 3 is 2.41 bits per heavy atom. The highest BCUT2D eigenvalue weighted by Gasteiger charge is 2.33. The lowest BCUT2D eigenvalue weighted by molar-refractivity contribution is -0.135. The first-order chi connectivity index (χ1) is 10.8. The van der Waals surface area contributed by atoms with E-state index in [1.165, 1.54) is 0 Å². The van der Waals surface area contributed by atoms with Gasteiger partial charge >= 0.3 is 5.97 Å². The van der Waals surface area contributed by atoms with Crippen LogP contribution in [-0.2, 0) is 4.79 Å². The number of esters is 1. The van der Waals surface area contributed by atoms with E-state index in [-0.39, 0.29) is 11.9 Å². The average Bonchev–Trinajstić information content (AvgIpc) is 2.99. The van der Waals surface area contributed by atoms with Crippen molar-refractivity contribution in [1.29, 1.82) is 0 Å². The molecular formula is C18H14N2O2. The van der Waals surface area contributed by atoms with E-state index in [4.69, 9.17) is 4.74 Å². The Kier molecular flexibility index (Phi) is 3.00. The molecule has 4 heteroatoms. The lowest BCUT2D eigenvalue weighted by Crippen LogP contribution is -2.20. The van der Waals surface area contributed by atoms with E-state index < -0.39 is 0 Å². The molecular weight excluding hydrogens is 276 g/mol. The predicted octanol–water partition coefficient (Wildman–Crippen LogP) is 3.52. The fourth-order valence-corrected chi connectivity index (χ4v) is 2.95. The van der Waals surface area contributed by atoms with Crippen LogP contribution in [0.5, 0.6) is 5.88 Å². The number of carbonyl (C=O) groups excluding carboxylic acids is 1. The first kappa shape index (κ1) is 12.8. The molecule has 0 saturated carbocycles. The molecule has 4 nitrogen and oxygen atoms in total. The molecule has 1 aliphatic rings. The molecule has 1 aliphatic heterocycles. The molecule has 1 aromatic heterocycles. The Bertz CT molecular complexity index is 810. The zero-order valence-electron chi connectivity index (χ0n) is 11.8. The minimum atomic E-state index is -0.243. The van der Waals surface area contributed by atoms with E-state index in [0.29, 0.717) is 12.3 Å². The van der Waals surface area contributed by atoms with E-state index in [0.717, 1.165) is 22.4 Å². The van der Waals surface area contributed by atoms with Crippen LogP contribution < -0.4 is 4.74 Å². The summed E-state index contributed by atoms with van der Waals surface area (Å²) in [6, 6.07) is 20.0. The topological polar surface area (TPSA) is 55.0 Å². The number of ether oxygens (including phenoxy) is 1. The molecule has 0 unspecified atom stereocenters. The summed E-state index contributed by atoms with van der Waals surface area (Å²) in [5.41, 5.74) is 4.00. The van der Waals surface area contributed by atoms with Crippen LogP contribution >= 0.6 is 0 Å². The number of fused-ring (bicyclic) bond motifs is 1. The summed E-state index contributed by atoms with van der Waals surface area (Å²) in [7, 11) is 0. The molecule has 0 amide bonds. The van der Waals surface area contributed by atoms with Gasteiger partial charge in [-0.1, -0.05) is 60.7 Å². The highest BCUT2D eigenvalue weighted by molar-refractivity contribution is 5.80. The van der Waals surface area contributed by atoms with Gasteiger partial charge in [0.1, 0.15) is 0 Å². The largest absolute Gasteiger partial charge is 0.405 e. The third kappa shape index (κ3) is 2.09. The Labute approximate surface area is 127 Å². The summed E-state index contributed by atoms with van der Waals surface area (Å²) < 4.78 is 5.30. The molecule has 0 bridgehead atoms. The SMILES string of the molecule is O=C1C[C@H](c2ccccc2)c2c(n[nH]c2-c2ccccc2)O1. The maximum absolute atomic E-state index is 11.9. The van der Waals surface area contributed by atoms with Crippen molar-refractivity contribution in [2.75, 3.05) is 0 Å². The van der Waals surface area contributed by atoms with Gasteiger partial charge in [0.15, 0.2) is 0 Å². The predicted molar refractivity (Wildman–Crippen MR) is 82.6 cm³/mol. The van der Waals surface area contributed by atoms with E-state index in [9.17, 15) is 4.79 Å². The number of nitrogens with zero attached hydrogens (tertiary/aromatic N) is 1. The zero-order valence-corrected chi connectivity index (χ0v) is 11.8. The quantitative estimate of drug-likeness (QED) is 0.735. The van der Waals surface area contributed by atoms with Gasteiger partial charge in [0.05, 0.1) is 17.7 Å². The van der Waals surface area contributed by atoms with Crippen molar-refractivity contribution in [2.45, 2.75) is 12.3 Å². The van der Waals surface area contributed by atoms with Gasteiger partial charge in [-0.25, -0.2) is 0 Å². The molecule has 2 aromatic carbocycles. The molecule has 1 atom stereocenters. The summed E-state index contributed by atoms with van der Waals surface area (Å²) in [5, 5.41) is 7.22. The van der Waals surface area contributed by atoms with E-state index in [2.05, 4.69) is 10.2 Å². The minimum Gasteiger partial charge on any atom is -0.405 e. The third-order valence-corrected chi connectivity index (χ3v) is 3.96. The Hall–Kier alpha value is -2.88. The molecule has 0 radical (unpaired) electrons. The lowest BCUT2D eigenvalue weighted by Gasteiger charge is -2.22. The third-order valence-electron chi connectivity index (χ3n) is 3.96. The zero-order chi connectivity index (χ0) is 14.9. The highest BCUT2D eigenvalue weighted by atomic mass is 16.5. The molecule has 2 heterocycles. The van der Waals surface area contributed by atoms with Gasteiger partial charge in [-0.2, -0.15) is 0 Å². The van der Waals surface area contributed by atoms with Gasteiger partial charge in [0.2, 0.25) is 5.88 Å². The number of benzene rings is 2. The average molecular weight is 290 g/mol. The van der Waals surface area contributed by atoms with Crippen molar-refractivity contribution in [1.82, 2.24) is 10.2 Å². The Morgan fingerprint density at radius 1 is 1.00 bits per heavy atom. The molecule has 1 N–H and O–H groups in total. The maximum Gasteiger partial charge on any atom is 0.313 e. The van der Waals surface area contributed by atoms with Gasteiger partial charge < -0.3 is 4.74 Å². The van der Waals surface area contributed by atoms with Gasteiger partial charge in [0.25, 0.3) is 0 Å². The summed E-state index contributed by atoms with van der Waals surface area (Å²) in [5.74, 6) is 0.114. The summed E-state index contributed by atoms with van der Waals surface area (Å²) in [6.07, 6.45) is 0.330. The second kappa shape index (κ2) is 5.15. The molecule has 0 spiro atoms. The van der Waals surface area contributed by atoms with Crippen molar-refractivity contribution >= 4 is 5.97 Å². The van der Waals surface area contributed by atoms with Gasteiger partial charge in [-0.05, 0) is 11.1 Å². The molecule has 3 aromatic rings. The second-order valence-electron chi connectivity index (χ2n) is 5.32. The highest BCUT2D eigenvalue weighted by Crippen LogP contribution is 2.42. The standard InChI is InChI=1S/C18H14N2O2/c21-15-11-14(12-7-3-1-4-8-12)16-17(19-20-18(16)22-15)13-9-5-2-6-10-13/h1-10,14H,11H2,(H,19,20)/t14-/m1/s1. The number of rotatable bonds is 2. The smallest absolute Gasteiger partial charge is 0.313 e. The number of hydrogen-bond donors (Lipinski definition) is 1. The number of carbonyl (C=O) groups is 1. The van der Waals surface area contributed by atoms with Crippen LogP contribution in [0.15, 0.2) is 60.7 Å². The molecule has 0 saturated heterocycles. The van der Waals surface area contributed by atoms with Gasteiger partial charge in [-0.15, -0.1) is 5.10 Å². The van der Waals surface area contributed by atoms with Crippen LogP contribution in [-0.4, -0.2) is 16.2 Å². The van der Waals surface area contributed by atoms with Crippen LogP contribution in [0.4, 0.5) is 0 Å². The van der Waals surface area contributed by atoms with E-state index >= 15 is 0 Å². The Morgan fingerprint density at radius 2 is 1.68 bits per heavy atom. The number of aromatic amines is 1. The monoisotopic (exact) mass is 290 g/mol. The fourth-order valence-electron chi connectivity index (χ4n) is 2.95. The van der Waals surface area contributed by atoms with Crippen molar-refractivity contribution in [3.05, 3.63) is 71.8 Å². The molecule has 4 rings (SSSR count). The number of H-pyrrole nitrogens is 1. The van der Waals surface area contributed by atoms with E-state index in [1.54, 1.807) is 0 Å². The van der Waals surface area contributed by atoms with E-state index in [1.807, 2.05) is 60.7 Å². The second-order valence-corrected chi connectivity index (χ2v) is 5.32. The summed E-state index contributed by atoms with van der Waals surface area (Å²) >= 11 is 0. The maximum atomic E-state index is 11.9. The van der Waals surface area contributed by atoms with Crippen molar-refractivity contribution in [3.63, 3.8) is 0 Å². The number of hydrogen-bond acceptors (Lipinski definition) is 3. The molecule has 0 fully saturated rings. The normalized spacial score (nSPS) is 16.9. The first-order valence-electron chi connectivity index (χ1n) is 7.22. The molecule has 108 valence electrons. The fraction of sp³-hybridized carbons (Fsp3) is 0.111. The molecule has 0 aliphatic carbocycles. The van der Waals surface area contributed by atoms with Crippen molar-refractivity contribution in [2.24, 2.45) is 0 Å². The minimum absolute atomic E-state index is 0.0357. The van der Waals surface area contributed by atoms with Crippen LogP contribution in [0.1, 0.15) is 23.5 Å². The van der Waals surface area contributed by atoms with Crippen LogP contribution in [0.25, 0.3) is 11.3 Å². The first-order valence-corrected chi connectivity index (χ1v) is 7.22. The lowest BCUT2D eigenvalue weighted by atomic mass is 9.86. The molecule has 22 heavy (non-hydrogen) atoms. The van der Waals surface area contributed by atoms with Gasteiger partial charge in [-0.3, -0.25) is 9.89 Å². The summed E-state index contributed by atoms with van der Waals surface area (Å²) in [4.78, 5) is 11.9. The number of nitrogens with one attached hydrogen (secondary N) is 1. The summed E-state index contributed by atoms with van der Waals surface area (Å²) in [6.45, 7) is 0. The van der Waals surface area contributed by atoms with Crippen LogP contribution in [0.3, 0.4) is 0 Å². The Balaban J connectivity index is 1.88. The van der Waals surface area contributed by atoms with Crippen LogP contribution in [0.2, 0.25) is 0 Å². The van der Waals surface area contributed by atoms with Crippen molar-refractivity contribution in [3.8, 4) is 17.1 Å². The van der Waals surface area contributed by atoms with Crippen LogP contribution in [0, 0.1) is 0 Å². The van der Waals surface area contributed by atoms with Crippen molar-refractivity contribution < 1.29 is 9.53 Å². The van der Waals surface area contributed by atoms with Gasteiger partial charge in [0, 0.05) is 5.92 Å². The number of aromatic nitrogens is 2.